The van der Waals surface area contributed by atoms with E-state index < -0.39 is 8.32 Å². The normalized spacial score (nSPS) is 29.3. The van der Waals surface area contributed by atoms with E-state index in [0.29, 0.717) is 72.6 Å². The molecule has 0 aromatic rings. The standard InChI is InChI=1S/C35H68N2O2Si/c1-24(2)29-16-13-17-30(25(3)4)34(29)36-28(9)33(20-15-21-38-22-23-39-40(10,11)12)37-35-31(26(5)6)18-14-19-32(35)27(7)8/h24-27,29-32,34-35H,13-23H2,1-12H3. The highest BCUT2D eigenvalue weighted by molar-refractivity contribution is 6.69. The third-order valence-corrected chi connectivity index (χ3v) is 10.9. The first-order valence-electron chi connectivity index (χ1n) is 17.1. The molecule has 0 N–H and O–H groups in total. The van der Waals surface area contributed by atoms with E-state index in [1.54, 1.807) is 0 Å². The zero-order valence-corrected chi connectivity index (χ0v) is 29.8. The fourth-order valence-corrected chi connectivity index (χ4v) is 8.15. The molecule has 2 aliphatic rings. The van der Waals surface area contributed by atoms with Crippen LogP contribution in [-0.2, 0) is 9.16 Å². The number of ether oxygens (including phenoxy) is 1. The minimum atomic E-state index is -1.48. The van der Waals surface area contributed by atoms with Gasteiger partial charge in [-0.3, -0.25) is 9.98 Å². The smallest absolute Gasteiger partial charge is 0.183 e. The summed E-state index contributed by atoms with van der Waals surface area (Å²) in [6.07, 6.45) is 9.91. The van der Waals surface area contributed by atoms with Gasteiger partial charge >= 0.3 is 0 Å². The van der Waals surface area contributed by atoms with Crippen molar-refractivity contribution in [2.45, 2.75) is 145 Å². The molecule has 0 aromatic carbocycles. The molecule has 0 radical (unpaired) electrons. The first kappa shape index (κ1) is 35.7. The Balaban J connectivity index is 2.34. The second-order valence-corrected chi connectivity index (χ2v) is 20.0. The molecule has 2 rings (SSSR count). The maximum Gasteiger partial charge on any atom is 0.183 e. The Kier molecular flexibility index (Phi) is 15.1. The zero-order chi connectivity index (χ0) is 30.0. The monoisotopic (exact) mass is 577 g/mol. The van der Waals surface area contributed by atoms with Crippen molar-refractivity contribution in [1.29, 1.82) is 0 Å². The molecule has 5 heteroatoms. The van der Waals surface area contributed by atoms with Gasteiger partial charge < -0.3 is 9.16 Å². The molecule has 2 aliphatic carbocycles. The summed E-state index contributed by atoms with van der Waals surface area (Å²) in [7, 11) is -1.48. The Hall–Kier alpha value is -0.523. The number of nitrogens with zero attached hydrogens (tertiary/aromatic N) is 2. The minimum Gasteiger partial charge on any atom is -0.415 e. The second-order valence-electron chi connectivity index (χ2n) is 15.4. The summed E-state index contributed by atoms with van der Waals surface area (Å²) in [5.74, 6) is 5.35. The number of rotatable bonds is 15. The Labute approximate surface area is 251 Å². The van der Waals surface area contributed by atoms with Crippen LogP contribution in [0.15, 0.2) is 9.98 Å². The van der Waals surface area contributed by atoms with Gasteiger partial charge in [0.25, 0.3) is 0 Å². The van der Waals surface area contributed by atoms with Crippen LogP contribution in [0.1, 0.15) is 114 Å². The molecule has 0 aromatic heterocycles. The van der Waals surface area contributed by atoms with E-state index in [4.69, 9.17) is 19.1 Å². The summed E-state index contributed by atoms with van der Waals surface area (Å²) < 4.78 is 12.0. The van der Waals surface area contributed by atoms with Crippen LogP contribution in [0.2, 0.25) is 19.6 Å². The molecule has 0 heterocycles. The Morgan fingerprint density at radius 1 is 0.650 bits per heavy atom. The molecular formula is C35H68N2O2Si. The van der Waals surface area contributed by atoms with Crippen LogP contribution < -0.4 is 0 Å². The van der Waals surface area contributed by atoms with Crippen molar-refractivity contribution in [2.75, 3.05) is 19.8 Å². The van der Waals surface area contributed by atoms with Gasteiger partial charge in [0.1, 0.15) is 0 Å². The van der Waals surface area contributed by atoms with Gasteiger partial charge in [-0.05, 0) is 112 Å². The summed E-state index contributed by atoms with van der Waals surface area (Å²) in [6, 6.07) is 0.829. The van der Waals surface area contributed by atoms with Crippen molar-refractivity contribution in [3.8, 4) is 0 Å². The van der Waals surface area contributed by atoms with Crippen molar-refractivity contribution in [3.63, 3.8) is 0 Å². The molecule has 40 heavy (non-hydrogen) atoms. The lowest BCUT2D eigenvalue weighted by Crippen LogP contribution is -2.40. The molecule has 0 aliphatic heterocycles. The highest BCUT2D eigenvalue weighted by atomic mass is 28.4. The van der Waals surface area contributed by atoms with E-state index in [9.17, 15) is 0 Å². The lowest BCUT2D eigenvalue weighted by atomic mass is 9.68. The van der Waals surface area contributed by atoms with Crippen molar-refractivity contribution in [2.24, 2.45) is 57.3 Å². The fraction of sp³-hybridized carbons (Fsp3) is 0.943. The summed E-state index contributed by atoms with van der Waals surface area (Å²) in [5.41, 5.74) is 2.47. The first-order valence-corrected chi connectivity index (χ1v) is 20.5. The molecule has 0 saturated heterocycles. The lowest BCUT2D eigenvalue weighted by Gasteiger charge is -2.41. The van der Waals surface area contributed by atoms with Gasteiger partial charge in [0.05, 0.1) is 36.7 Å². The Morgan fingerprint density at radius 2 is 1.07 bits per heavy atom. The Morgan fingerprint density at radius 3 is 1.48 bits per heavy atom. The van der Waals surface area contributed by atoms with E-state index >= 15 is 0 Å². The molecule has 2 saturated carbocycles. The van der Waals surface area contributed by atoms with Crippen LogP contribution >= 0.6 is 0 Å². The number of hydrogen-bond acceptors (Lipinski definition) is 4. The average Bonchev–Trinajstić information content (AvgIpc) is 2.86. The van der Waals surface area contributed by atoms with E-state index in [1.807, 2.05) is 0 Å². The topological polar surface area (TPSA) is 43.2 Å². The van der Waals surface area contributed by atoms with E-state index in [1.165, 1.54) is 49.9 Å². The SMILES string of the molecule is CC(=NC1C(C(C)C)CCCC1C(C)C)C(CCCOCCO[Si](C)(C)C)=NC1C(C(C)C)CCCC1C(C)C. The largest absolute Gasteiger partial charge is 0.415 e. The highest BCUT2D eigenvalue weighted by Crippen LogP contribution is 2.41. The maximum absolute atomic E-state index is 6.02. The molecule has 4 unspecified atom stereocenters. The molecule has 2 fully saturated rings. The average molecular weight is 577 g/mol. The van der Waals surface area contributed by atoms with Crippen LogP contribution in [0.3, 0.4) is 0 Å². The van der Waals surface area contributed by atoms with Gasteiger partial charge in [-0.25, -0.2) is 0 Å². The predicted octanol–water partition coefficient (Wildman–Crippen LogP) is 9.73. The van der Waals surface area contributed by atoms with Gasteiger partial charge in [0.2, 0.25) is 0 Å². The molecule has 234 valence electrons. The number of aliphatic imine (C=N–C) groups is 2. The zero-order valence-electron chi connectivity index (χ0n) is 28.8. The third-order valence-electron chi connectivity index (χ3n) is 9.86. The Bertz CT molecular complexity index is 751. The fourth-order valence-electron chi connectivity index (χ4n) is 7.46. The molecule has 0 amide bonds. The van der Waals surface area contributed by atoms with E-state index in [0.717, 1.165) is 19.4 Å². The van der Waals surface area contributed by atoms with E-state index in [-0.39, 0.29) is 0 Å². The quantitative estimate of drug-likeness (QED) is 0.111. The minimum absolute atomic E-state index is 0.410. The molecule has 0 spiro atoms. The highest BCUT2D eigenvalue weighted by Gasteiger charge is 2.38. The van der Waals surface area contributed by atoms with Gasteiger partial charge in [0.15, 0.2) is 8.32 Å². The molecule has 4 nitrogen and oxygen atoms in total. The van der Waals surface area contributed by atoms with E-state index in [2.05, 4.69) is 82.0 Å². The lowest BCUT2D eigenvalue weighted by molar-refractivity contribution is 0.0971. The van der Waals surface area contributed by atoms with Gasteiger partial charge in [-0.2, -0.15) is 0 Å². The number of hydrogen-bond donors (Lipinski definition) is 0. The van der Waals surface area contributed by atoms with Crippen molar-refractivity contribution < 1.29 is 9.16 Å². The van der Waals surface area contributed by atoms with Crippen LogP contribution in [0, 0.1) is 47.3 Å². The summed E-state index contributed by atoms with van der Waals surface area (Å²) in [6.45, 7) is 30.4. The molecular weight excluding hydrogens is 508 g/mol. The summed E-state index contributed by atoms with van der Waals surface area (Å²) in [5, 5.41) is 0. The van der Waals surface area contributed by atoms with Gasteiger partial charge in [-0.1, -0.05) is 68.2 Å². The van der Waals surface area contributed by atoms with Crippen molar-refractivity contribution in [3.05, 3.63) is 0 Å². The van der Waals surface area contributed by atoms with Crippen LogP contribution in [0.25, 0.3) is 0 Å². The predicted molar refractivity (Wildman–Crippen MR) is 178 cm³/mol. The van der Waals surface area contributed by atoms with Crippen LogP contribution in [0.5, 0.6) is 0 Å². The second kappa shape index (κ2) is 16.9. The van der Waals surface area contributed by atoms with Crippen LogP contribution in [-0.4, -0.2) is 51.6 Å². The molecule has 4 atom stereocenters. The first-order chi connectivity index (χ1) is 18.7. The van der Waals surface area contributed by atoms with Gasteiger partial charge in [0, 0.05) is 6.61 Å². The third kappa shape index (κ3) is 11.3. The van der Waals surface area contributed by atoms with Crippen molar-refractivity contribution >= 4 is 19.7 Å². The van der Waals surface area contributed by atoms with Crippen LogP contribution in [0.4, 0.5) is 0 Å². The summed E-state index contributed by atoms with van der Waals surface area (Å²) in [4.78, 5) is 11.4. The molecule has 0 bridgehead atoms. The maximum atomic E-state index is 6.02. The van der Waals surface area contributed by atoms with Crippen molar-refractivity contribution in [1.82, 2.24) is 0 Å². The summed E-state index contributed by atoms with van der Waals surface area (Å²) >= 11 is 0. The van der Waals surface area contributed by atoms with Gasteiger partial charge in [-0.15, -0.1) is 0 Å².